The number of carbonyl (C=O) groups excluding carboxylic acids is 1. The number of fused-ring (bicyclic) bond motifs is 2. The molecule has 0 aromatic heterocycles. The molecule has 1 amide bonds. The van der Waals surface area contributed by atoms with Crippen molar-refractivity contribution in [3.63, 3.8) is 0 Å². The third-order valence-corrected chi connectivity index (χ3v) is 4.08. The number of carbonyl (C=O) groups is 1. The van der Waals surface area contributed by atoms with E-state index < -0.39 is 0 Å². The van der Waals surface area contributed by atoms with Crippen LogP contribution in [0.15, 0.2) is 36.2 Å². The first-order valence-electron chi connectivity index (χ1n) is 6.45. The fourth-order valence-corrected chi connectivity index (χ4v) is 3.06. The van der Waals surface area contributed by atoms with E-state index in [-0.39, 0.29) is 17.9 Å². The summed E-state index contributed by atoms with van der Waals surface area (Å²) in [5, 5.41) is 0. The third-order valence-electron chi connectivity index (χ3n) is 4.08. The first-order valence-corrected chi connectivity index (χ1v) is 6.45. The van der Waals surface area contributed by atoms with Crippen molar-refractivity contribution in [1.82, 2.24) is 4.90 Å². The molecule has 100 valence electrons. The first-order chi connectivity index (χ1) is 9.22. The summed E-state index contributed by atoms with van der Waals surface area (Å²) in [6.45, 7) is 0.543. The molecule has 1 aliphatic heterocycles. The van der Waals surface area contributed by atoms with E-state index in [0.717, 1.165) is 23.3 Å². The number of methoxy groups -OCH3 is 1. The minimum absolute atomic E-state index is 0.00903. The first kappa shape index (κ1) is 12.2. The van der Waals surface area contributed by atoms with Crippen LogP contribution in [0, 0.1) is 5.92 Å². The summed E-state index contributed by atoms with van der Waals surface area (Å²) in [4.78, 5) is 13.9. The summed E-state index contributed by atoms with van der Waals surface area (Å²) in [5.41, 5.74) is 1.80. The zero-order chi connectivity index (χ0) is 13.4. The second-order valence-electron chi connectivity index (χ2n) is 5.15. The predicted octanol–water partition coefficient (Wildman–Crippen LogP) is 2.67. The van der Waals surface area contributed by atoms with Gasteiger partial charge in [-0.05, 0) is 36.1 Å². The van der Waals surface area contributed by atoms with Gasteiger partial charge in [-0.2, -0.15) is 0 Å². The van der Waals surface area contributed by atoms with E-state index in [1.54, 1.807) is 12.0 Å². The molecule has 1 saturated heterocycles. The summed E-state index contributed by atoms with van der Waals surface area (Å²) in [6.07, 6.45) is 2.04. The lowest BCUT2D eigenvalue weighted by molar-refractivity contribution is -0.133. The SMILES string of the molecule is COc1ccc(CN2C(=O)C3CC(=CF)C2C3)cc1. The Bertz CT molecular complexity index is 523. The molecule has 2 atom stereocenters. The largest absolute Gasteiger partial charge is 0.497 e. The Labute approximate surface area is 111 Å². The van der Waals surface area contributed by atoms with E-state index in [4.69, 9.17) is 4.74 Å². The average Bonchev–Trinajstić information content (AvgIpc) is 2.99. The average molecular weight is 261 g/mol. The Kier molecular flexibility index (Phi) is 3.01. The van der Waals surface area contributed by atoms with Crippen LogP contribution in [0.4, 0.5) is 4.39 Å². The Morgan fingerprint density at radius 1 is 1.42 bits per heavy atom. The molecule has 4 heteroatoms. The van der Waals surface area contributed by atoms with Crippen molar-refractivity contribution >= 4 is 5.91 Å². The highest BCUT2D eigenvalue weighted by atomic mass is 19.1. The fourth-order valence-electron chi connectivity index (χ4n) is 3.06. The Morgan fingerprint density at radius 3 is 2.74 bits per heavy atom. The third kappa shape index (κ3) is 2.01. The van der Waals surface area contributed by atoms with Crippen molar-refractivity contribution < 1.29 is 13.9 Å². The van der Waals surface area contributed by atoms with Crippen LogP contribution < -0.4 is 4.74 Å². The molecule has 2 unspecified atom stereocenters. The number of halogens is 1. The number of likely N-dealkylation sites (tertiary alicyclic amines) is 1. The number of hydrogen-bond acceptors (Lipinski definition) is 2. The molecule has 2 aliphatic rings. The molecule has 1 saturated carbocycles. The molecule has 1 aromatic rings. The lowest BCUT2D eigenvalue weighted by Gasteiger charge is -2.28. The fraction of sp³-hybridized carbons (Fsp3) is 0.400. The zero-order valence-electron chi connectivity index (χ0n) is 10.8. The van der Waals surface area contributed by atoms with Gasteiger partial charge in [0.25, 0.3) is 0 Å². The minimum Gasteiger partial charge on any atom is -0.497 e. The molecular formula is C15H16FNO2. The second-order valence-corrected chi connectivity index (χ2v) is 5.15. The second kappa shape index (κ2) is 4.68. The van der Waals surface area contributed by atoms with Gasteiger partial charge in [0.05, 0.1) is 19.5 Å². The lowest BCUT2D eigenvalue weighted by atomic mass is 10.0. The molecule has 0 radical (unpaired) electrons. The van der Waals surface area contributed by atoms with Crippen molar-refractivity contribution in [3.8, 4) is 5.75 Å². The Balaban J connectivity index is 1.77. The highest BCUT2D eigenvalue weighted by Gasteiger charge is 2.47. The highest BCUT2D eigenvalue weighted by molar-refractivity contribution is 5.84. The van der Waals surface area contributed by atoms with Gasteiger partial charge in [0.2, 0.25) is 5.91 Å². The molecule has 2 fully saturated rings. The zero-order valence-corrected chi connectivity index (χ0v) is 10.8. The van der Waals surface area contributed by atoms with Crippen LogP contribution in [-0.4, -0.2) is 24.0 Å². The van der Waals surface area contributed by atoms with Gasteiger partial charge in [-0.25, -0.2) is 4.39 Å². The van der Waals surface area contributed by atoms with Crippen LogP contribution in [0.1, 0.15) is 18.4 Å². The Hall–Kier alpha value is -1.84. The van der Waals surface area contributed by atoms with E-state index in [9.17, 15) is 9.18 Å². The summed E-state index contributed by atoms with van der Waals surface area (Å²) < 4.78 is 17.9. The summed E-state index contributed by atoms with van der Waals surface area (Å²) in [6, 6.07) is 7.60. The van der Waals surface area contributed by atoms with Crippen molar-refractivity contribution in [3.05, 3.63) is 41.7 Å². The van der Waals surface area contributed by atoms with E-state index in [1.807, 2.05) is 24.3 Å². The van der Waals surface area contributed by atoms with Crippen molar-refractivity contribution in [2.45, 2.75) is 25.4 Å². The molecule has 1 aliphatic carbocycles. The van der Waals surface area contributed by atoms with Crippen LogP contribution in [-0.2, 0) is 11.3 Å². The number of amides is 1. The molecule has 3 rings (SSSR count). The van der Waals surface area contributed by atoms with E-state index >= 15 is 0 Å². The molecule has 19 heavy (non-hydrogen) atoms. The molecule has 0 N–H and O–H groups in total. The predicted molar refractivity (Wildman–Crippen MR) is 69.2 cm³/mol. The van der Waals surface area contributed by atoms with Gasteiger partial charge in [0.15, 0.2) is 0 Å². The van der Waals surface area contributed by atoms with Crippen LogP contribution in [0.25, 0.3) is 0 Å². The molecule has 0 spiro atoms. The quantitative estimate of drug-likeness (QED) is 0.837. The number of piperidine rings is 1. The van der Waals surface area contributed by atoms with Crippen LogP contribution >= 0.6 is 0 Å². The molecule has 3 nitrogen and oxygen atoms in total. The van der Waals surface area contributed by atoms with E-state index in [1.165, 1.54) is 0 Å². The summed E-state index contributed by atoms with van der Waals surface area (Å²) >= 11 is 0. The number of rotatable bonds is 3. The monoisotopic (exact) mass is 261 g/mol. The highest BCUT2D eigenvalue weighted by Crippen LogP contribution is 2.43. The van der Waals surface area contributed by atoms with Gasteiger partial charge in [0, 0.05) is 12.5 Å². The van der Waals surface area contributed by atoms with Gasteiger partial charge in [0.1, 0.15) is 5.75 Å². The molecule has 2 bridgehead atoms. The number of benzene rings is 1. The van der Waals surface area contributed by atoms with Crippen LogP contribution in [0.2, 0.25) is 0 Å². The van der Waals surface area contributed by atoms with Gasteiger partial charge in [-0.15, -0.1) is 0 Å². The molecule has 1 heterocycles. The normalized spacial score (nSPS) is 27.4. The Morgan fingerprint density at radius 2 is 2.16 bits per heavy atom. The maximum absolute atomic E-state index is 12.8. The maximum Gasteiger partial charge on any atom is 0.226 e. The van der Waals surface area contributed by atoms with E-state index in [0.29, 0.717) is 19.3 Å². The van der Waals surface area contributed by atoms with Gasteiger partial charge in [-0.1, -0.05) is 12.1 Å². The van der Waals surface area contributed by atoms with Crippen molar-refractivity contribution in [2.24, 2.45) is 5.92 Å². The summed E-state index contributed by atoms with van der Waals surface area (Å²) in [7, 11) is 1.62. The van der Waals surface area contributed by atoms with E-state index in [2.05, 4.69) is 0 Å². The number of ether oxygens (including phenoxy) is 1. The summed E-state index contributed by atoms with van der Waals surface area (Å²) in [5.74, 6) is 0.944. The topological polar surface area (TPSA) is 29.5 Å². The molecular weight excluding hydrogens is 245 g/mol. The van der Waals surface area contributed by atoms with Crippen LogP contribution in [0.3, 0.4) is 0 Å². The van der Waals surface area contributed by atoms with Crippen LogP contribution in [0.5, 0.6) is 5.75 Å². The smallest absolute Gasteiger partial charge is 0.226 e. The van der Waals surface area contributed by atoms with Crippen molar-refractivity contribution in [1.29, 1.82) is 0 Å². The van der Waals surface area contributed by atoms with Gasteiger partial charge < -0.3 is 9.64 Å². The number of hydrogen-bond donors (Lipinski definition) is 0. The number of nitrogens with zero attached hydrogens (tertiary/aromatic N) is 1. The minimum atomic E-state index is -0.0374. The molecule has 1 aromatic carbocycles. The lowest BCUT2D eigenvalue weighted by Crippen LogP contribution is -2.37. The van der Waals surface area contributed by atoms with Crippen molar-refractivity contribution in [2.75, 3.05) is 7.11 Å². The maximum atomic E-state index is 12.8. The van der Waals surface area contributed by atoms with Gasteiger partial charge in [-0.3, -0.25) is 4.79 Å². The standard InChI is InChI=1S/C15H16FNO2/c1-19-13-4-2-10(3-5-13)9-17-14-7-11(15(17)18)6-12(14)8-16/h2-5,8,11,14H,6-7,9H2,1H3. The van der Waals surface area contributed by atoms with Gasteiger partial charge >= 0.3 is 0 Å².